The third kappa shape index (κ3) is 1.98. The zero-order chi connectivity index (χ0) is 17.1. The zero-order valence-corrected chi connectivity index (χ0v) is 14.1. The van der Waals surface area contributed by atoms with Gasteiger partial charge in [-0.1, -0.05) is 11.6 Å². The molecule has 2 aliphatic rings. The van der Waals surface area contributed by atoms with E-state index in [2.05, 4.69) is 4.98 Å². The maximum atomic E-state index is 12.9. The van der Waals surface area contributed by atoms with E-state index in [1.54, 1.807) is 7.11 Å². The van der Waals surface area contributed by atoms with Crippen molar-refractivity contribution in [1.82, 2.24) is 9.88 Å². The Morgan fingerprint density at radius 2 is 2.12 bits per heavy atom. The number of carbonyl (C=O) groups is 1. The van der Waals surface area contributed by atoms with E-state index in [0.717, 1.165) is 34.3 Å². The number of aromatic nitrogens is 1. The number of amides is 1. The number of hydrogen-bond acceptors (Lipinski definition) is 3. The molecule has 0 saturated heterocycles. The normalized spacial score (nSPS) is 18.4. The first-order valence-electron chi connectivity index (χ1n) is 8.42. The van der Waals surface area contributed by atoms with Crippen LogP contribution in [-0.4, -0.2) is 29.4 Å². The average Bonchev–Trinajstić information content (AvgIpc) is 3.00. The molecule has 0 bridgehead atoms. The summed E-state index contributed by atoms with van der Waals surface area (Å²) in [6.07, 6.45) is 0.403. The van der Waals surface area contributed by atoms with Gasteiger partial charge in [-0.2, -0.15) is 0 Å². The van der Waals surface area contributed by atoms with Gasteiger partial charge in [-0.05, 0) is 49.2 Å². The maximum absolute atomic E-state index is 12.9. The molecule has 5 nitrogen and oxygen atoms in total. The molecule has 0 fully saturated rings. The summed E-state index contributed by atoms with van der Waals surface area (Å²) < 4.78 is 11.6. The van der Waals surface area contributed by atoms with E-state index in [4.69, 9.17) is 9.47 Å². The SMILES string of the molecule is COc1ccc2[nH]c3c(c2c1)CCN1C(=O)c2cc(C)ccc2OC31. The molecule has 0 spiro atoms. The van der Waals surface area contributed by atoms with Gasteiger partial charge < -0.3 is 14.5 Å². The number of nitrogens with one attached hydrogen (secondary N) is 1. The molecule has 3 aromatic rings. The molecule has 126 valence electrons. The summed E-state index contributed by atoms with van der Waals surface area (Å²) in [7, 11) is 1.67. The van der Waals surface area contributed by atoms with Crippen molar-refractivity contribution in [2.75, 3.05) is 13.7 Å². The van der Waals surface area contributed by atoms with Crippen LogP contribution in [0.1, 0.15) is 33.4 Å². The van der Waals surface area contributed by atoms with Gasteiger partial charge in [0.25, 0.3) is 5.91 Å². The first-order chi connectivity index (χ1) is 12.2. The molecule has 2 aliphatic heterocycles. The summed E-state index contributed by atoms with van der Waals surface area (Å²) in [4.78, 5) is 18.2. The molecule has 0 saturated carbocycles. The van der Waals surface area contributed by atoms with Crippen LogP contribution >= 0.6 is 0 Å². The summed E-state index contributed by atoms with van der Waals surface area (Å²) in [5.74, 6) is 1.52. The predicted octanol–water partition coefficient (Wildman–Crippen LogP) is 3.57. The van der Waals surface area contributed by atoms with Crippen LogP contribution in [0.25, 0.3) is 10.9 Å². The Hall–Kier alpha value is -2.95. The highest BCUT2D eigenvalue weighted by Gasteiger charge is 2.40. The second-order valence-corrected chi connectivity index (χ2v) is 6.65. The summed E-state index contributed by atoms with van der Waals surface area (Å²) in [6.45, 7) is 2.63. The minimum absolute atomic E-state index is 0.0387. The van der Waals surface area contributed by atoms with Crippen LogP contribution in [0.5, 0.6) is 11.5 Å². The number of fused-ring (bicyclic) bond motifs is 6. The molecule has 1 N–H and O–H groups in total. The fraction of sp³-hybridized carbons (Fsp3) is 0.250. The second kappa shape index (κ2) is 5.02. The molecule has 25 heavy (non-hydrogen) atoms. The van der Waals surface area contributed by atoms with Gasteiger partial charge in [0.1, 0.15) is 11.5 Å². The predicted molar refractivity (Wildman–Crippen MR) is 94.1 cm³/mol. The number of aryl methyl sites for hydroxylation is 1. The molecule has 3 heterocycles. The molecule has 5 rings (SSSR count). The molecule has 2 aromatic carbocycles. The van der Waals surface area contributed by atoms with Crippen molar-refractivity contribution in [2.45, 2.75) is 19.6 Å². The molecular weight excluding hydrogens is 316 g/mol. The van der Waals surface area contributed by atoms with Crippen molar-refractivity contribution in [1.29, 1.82) is 0 Å². The number of nitrogens with zero attached hydrogens (tertiary/aromatic N) is 1. The number of aromatic amines is 1. The summed E-state index contributed by atoms with van der Waals surface area (Å²) in [5, 5.41) is 1.14. The minimum atomic E-state index is -0.398. The highest BCUT2D eigenvalue weighted by Crippen LogP contribution is 2.41. The topological polar surface area (TPSA) is 54.6 Å². The van der Waals surface area contributed by atoms with Crippen LogP contribution in [-0.2, 0) is 6.42 Å². The highest BCUT2D eigenvalue weighted by atomic mass is 16.5. The Bertz CT molecular complexity index is 1020. The van der Waals surface area contributed by atoms with E-state index < -0.39 is 6.23 Å². The van der Waals surface area contributed by atoms with Gasteiger partial charge in [0.2, 0.25) is 6.23 Å². The average molecular weight is 334 g/mol. The number of carbonyl (C=O) groups excluding carboxylic acids is 1. The van der Waals surface area contributed by atoms with Crippen molar-refractivity contribution in [3.63, 3.8) is 0 Å². The van der Waals surface area contributed by atoms with Crippen molar-refractivity contribution < 1.29 is 14.3 Å². The minimum Gasteiger partial charge on any atom is -0.497 e. The monoisotopic (exact) mass is 334 g/mol. The van der Waals surface area contributed by atoms with Gasteiger partial charge in [0.15, 0.2) is 0 Å². The van der Waals surface area contributed by atoms with Crippen LogP contribution in [0.3, 0.4) is 0 Å². The van der Waals surface area contributed by atoms with E-state index in [9.17, 15) is 4.79 Å². The molecule has 1 unspecified atom stereocenters. The van der Waals surface area contributed by atoms with Crippen LogP contribution in [0.4, 0.5) is 0 Å². The van der Waals surface area contributed by atoms with Gasteiger partial charge in [0, 0.05) is 17.4 Å². The van der Waals surface area contributed by atoms with E-state index in [1.807, 2.05) is 48.2 Å². The Morgan fingerprint density at radius 1 is 1.24 bits per heavy atom. The van der Waals surface area contributed by atoms with Gasteiger partial charge in [-0.25, -0.2) is 0 Å². The molecular formula is C20H18N2O3. The van der Waals surface area contributed by atoms with E-state index in [1.165, 1.54) is 5.56 Å². The molecule has 0 radical (unpaired) electrons. The Labute approximate surface area is 145 Å². The molecule has 1 amide bonds. The second-order valence-electron chi connectivity index (χ2n) is 6.65. The van der Waals surface area contributed by atoms with Crippen molar-refractivity contribution in [2.24, 2.45) is 0 Å². The molecule has 5 heteroatoms. The lowest BCUT2D eigenvalue weighted by Gasteiger charge is -2.39. The number of benzene rings is 2. The lowest BCUT2D eigenvalue weighted by Crippen LogP contribution is -2.45. The number of methoxy groups -OCH3 is 1. The van der Waals surface area contributed by atoms with Gasteiger partial charge >= 0.3 is 0 Å². The highest BCUT2D eigenvalue weighted by molar-refractivity contribution is 5.99. The van der Waals surface area contributed by atoms with E-state index >= 15 is 0 Å². The number of hydrogen-bond donors (Lipinski definition) is 1. The number of rotatable bonds is 1. The van der Waals surface area contributed by atoms with Gasteiger partial charge in [-0.15, -0.1) is 0 Å². The Kier molecular flexibility index (Phi) is 2.89. The van der Waals surface area contributed by atoms with Crippen molar-refractivity contribution in [3.05, 3.63) is 58.8 Å². The standard InChI is InChI=1S/C20H18N2O3/c1-11-3-6-17-15(9-11)19(23)22-8-7-13-14-10-12(24-2)4-5-16(14)21-18(13)20(22)25-17/h3-6,9-10,20-21H,7-8H2,1-2H3. The molecule has 0 aliphatic carbocycles. The van der Waals surface area contributed by atoms with Crippen LogP contribution in [0.15, 0.2) is 36.4 Å². The molecule has 1 aromatic heterocycles. The summed E-state index contributed by atoms with van der Waals surface area (Å²) in [6, 6.07) is 11.8. The lowest BCUT2D eigenvalue weighted by atomic mass is 9.99. The zero-order valence-electron chi connectivity index (χ0n) is 14.1. The number of H-pyrrole nitrogens is 1. The third-order valence-corrected chi connectivity index (χ3v) is 5.14. The largest absolute Gasteiger partial charge is 0.497 e. The first-order valence-corrected chi connectivity index (χ1v) is 8.42. The van der Waals surface area contributed by atoms with Crippen LogP contribution < -0.4 is 9.47 Å². The summed E-state index contributed by atoms with van der Waals surface area (Å²) in [5.41, 5.74) is 4.92. The lowest BCUT2D eigenvalue weighted by molar-refractivity contribution is 0.00200. The van der Waals surface area contributed by atoms with Crippen LogP contribution in [0, 0.1) is 6.92 Å². The third-order valence-electron chi connectivity index (χ3n) is 5.14. The van der Waals surface area contributed by atoms with E-state index in [0.29, 0.717) is 17.9 Å². The number of ether oxygens (including phenoxy) is 2. The fourth-order valence-corrected chi connectivity index (χ4v) is 3.88. The maximum Gasteiger partial charge on any atom is 0.260 e. The smallest absolute Gasteiger partial charge is 0.260 e. The summed E-state index contributed by atoms with van der Waals surface area (Å²) >= 11 is 0. The fourth-order valence-electron chi connectivity index (χ4n) is 3.88. The molecule has 1 atom stereocenters. The van der Waals surface area contributed by atoms with Crippen molar-refractivity contribution in [3.8, 4) is 11.5 Å². The van der Waals surface area contributed by atoms with Gasteiger partial charge in [0.05, 0.1) is 18.4 Å². The quantitative estimate of drug-likeness (QED) is 0.740. The van der Waals surface area contributed by atoms with E-state index in [-0.39, 0.29) is 5.91 Å². The first kappa shape index (κ1) is 14.4. The van der Waals surface area contributed by atoms with Crippen LogP contribution in [0.2, 0.25) is 0 Å². The Balaban J connectivity index is 1.66. The Morgan fingerprint density at radius 3 is 2.96 bits per heavy atom. The van der Waals surface area contributed by atoms with Gasteiger partial charge in [-0.3, -0.25) is 9.69 Å². The van der Waals surface area contributed by atoms with Crippen molar-refractivity contribution >= 4 is 16.8 Å².